The monoisotopic (exact) mass is 507 g/mol. The van der Waals surface area contributed by atoms with Gasteiger partial charge in [0.2, 0.25) is 5.43 Å². The molecule has 1 fully saturated rings. The maximum atomic E-state index is 13.6. The maximum absolute atomic E-state index is 13.6. The van der Waals surface area contributed by atoms with E-state index in [0.29, 0.717) is 19.5 Å². The third kappa shape index (κ3) is 3.79. The number of likely N-dealkylation sites (N-methyl/N-ethyl adjacent to an activating group) is 1. The number of hydrogen-bond donors (Lipinski definition) is 4. The highest BCUT2D eigenvalue weighted by molar-refractivity contribution is 9.10. The molecule has 0 amide bonds. The molecule has 0 saturated carbocycles. The minimum absolute atomic E-state index is 0.0187. The van der Waals surface area contributed by atoms with Crippen LogP contribution in [0.25, 0.3) is 11.0 Å². The molecule has 3 aromatic rings. The van der Waals surface area contributed by atoms with Crippen molar-refractivity contribution in [2.45, 2.75) is 31.5 Å². The van der Waals surface area contributed by atoms with E-state index < -0.39 is 35.1 Å². The van der Waals surface area contributed by atoms with Crippen LogP contribution in [0.4, 0.5) is 4.39 Å². The number of piperidine rings is 1. The lowest BCUT2D eigenvalue weighted by Crippen LogP contribution is -2.40. The summed E-state index contributed by atoms with van der Waals surface area (Å²) in [6.07, 6.45) is -1.72. The van der Waals surface area contributed by atoms with Gasteiger partial charge in [0.25, 0.3) is 0 Å². The number of aromatic hydroxyl groups is 2. The van der Waals surface area contributed by atoms with Gasteiger partial charge >= 0.3 is 0 Å². The fourth-order valence-corrected chi connectivity index (χ4v) is 4.82. The first-order chi connectivity index (χ1) is 15.1. The molecule has 170 valence electrons. The molecule has 4 rings (SSSR count). The first kappa shape index (κ1) is 22.7. The Balaban J connectivity index is 1.92. The molecule has 1 aliphatic rings. The van der Waals surface area contributed by atoms with Crippen molar-refractivity contribution in [3.8, 4) is 11.5 Å². The zero-order valence-electron chi connectivity index (χ0n) is 17.5. The van der Waals surface area contributed by atoms with Gasteiger partial charge in [0.05, 0.1) is 16.1 Å². The Morgan fingerprint density at radius 3 is 2.62 bits per heavy atom. The molecule has 3 atom stereocenters. The van der Waals surface area contributed by atoms with Gasteiger partial charge < -0.3 is 29.7 Å². The normalized spacial score (nSPS) is 20.6. The quantitative estimate of drug-likeness (QED) is 0.430. The molecule has 2 aromatic carbocycles. The van der Waals surface area contributed by atoms with Gasteiger partial charge in [-0.3, -0.25) is 4.79 Å². The standard InChI is InChI=1S/C23H23BrFNO6/c1-10-18(21(30)11-3-4-14(25)13(24)7-11)22(31)20-16(28)8-15(27)19(23(20)32-10)12-5-6-26(2)9-17(12)29/h3-4,7-8,12,17,21,27-30H,5-6,9H2,1-2H3/t12-,17+,21?/m0/s1. The molecule has 0 aliphatic carbocycles. The second kappa shape index (κ2) is 8.47. The number of hydrogen-bond acceptors (Lipinski definition) is 7. The van der Waals surface area contributed by atoms with Gasteiger partial charge in [0, 0.05) is 24.1 Å². The van der Waals surface area contributed by atoms with Crippen molar-refractivity contribution in [3.63, 3.8) is 0 Å². The number of aryl methyl sites for hydroxylation is 1. The molecule has 0 radical (unpaired) electrons. The Kier molecular flexibility index (Phi) is 6.02. The summed E-state index contributed by atoms with van der Waals surface area (Å²) in [5.41, 5.74) is -0.277. The topological polar surface area (TPSA) is 114 Å². The summed E-state index contributed by atoms with van der Waals surface area (Å²) in [4.78, 5) is 15.4. The van der Waals surface area contributed by atoms with Crippen LogP contribution in [0.1, 0.15) is 40.9 Å². The molecule has 0 spiro atoms. The molecule has 1 aromatic heterocycles. The molecule has 0 bridgehead atoms. The lowest BCUT2D eigenvalue weighted by molar-refractivity contribution is 0.0630. The van der Waals surface area contributed by atoms with Crippen molar-refractivity contribution < 1.29 is 29.2 Å². The summed E-state index contributed by atoms with van der Waals surface area (Å²) < 4.78 is 19.6. The number of fused-ring (bicyclic) bond motifs is 1. The SMILES string of the molecule is Cc1oc2c([C@H]3CCN(C)C[C@H]3O)c(O)cc(O)c2c(=O)c1C(O)c1ccc(F)c(Br)c1. The zero-order valence-corrected chi connectivity index (χ0v) is 19.1. The largest absolute Gasteiger partial charge is 0.507 e. The van der Waals surface area contributed by atoms with Gasteiger partial charge in [0.1, 0.15) is 40.1 Å². The van der Waals surface area contributed by atoms with Crippen molar-refractivity contribution in [3.05, 3.63) is 67.2 Å². The zero-order chi connectivity index (χ0) is 23.3. The van der Waals surface area contributed by atoms with Gasteiger partial charge in [-0.15, -0.1) is 0 Å². The van der Waals surface area contributed by atoms with Crippen molar-refractivity contribution >= 4 is 26.9 Å². The van der Waals surface area contributed by atoms with E-state index in [1.807, 2.05) is 11.9 Å². The molecule has 1 unspecified atom stereocenters. The number of halogens is 2. The molecule has 7 nitrogen and oxygen atoms in total. The van der Waals surface area contributed by atoms with Crippen LogP contribution in [0.5, 0.6) is 11.5 Å². The average molecular weight is 508 g/mol. The maximum Gasteiger partial charge on any atom is 0.202 e. The van der Waals surface area contributed by atoms with Crippen LogP contribution >= 0.6 is 15.9 Å². The molecular formula is C23H23BrFNO6. The second-order valence-corrected chi connectivity index (χ2v) is 9.09. The van der Waals surface area contributed by atoms with Gasteiger partial charge in [-0.1, -0.05) is 6.07 Å². The Morgan fingerprint density at radius 2 is 1.97 bits per heavy atom. The molecule has 2 heterocycles. The van der Waals surface area contributed by atoms with E-state index in [-0.39, 0.29) is 43.6 Å². The second-order valence-electron chi connectivity index (χ2n) is 8.23. The first-order valence-electron chi connectivity index (χ1n) is 10.1. The number of β-amino-alcohol motifs (C(OH)–C–C–N with tert-alkyl or cyclic N) is 1. The minimum Gasteiger partial charge on any atom is -0.507 e. The highest BCUT2D eigenvalue weighted by atomic mass is 79.9. The van der Waals surface area contributed by atoms with Crippen LogP contribution in [0.15, 0.2) is 37.9 Å². The van der Waals surface area contributed by atoms with Gasteiger partial charge in [0.15, 0.2) is 0 Å². The van der Waals surface area contributed by atoms with Crippen LogP contribution in [0.2, 0.25) is 0 Å². The van der Waals surface area contributed by atoms with E-state index >= 15 is 0 Å². The smallest absolute Gasteiger partial charge is 0.202 e. The van der Waals surface area contributed by atoms with Gasteiger partial charge in [-0.2, -0.15) is 0 Å². The summed E-state index contributed by atoms with van der Waals surface area (Å²) >= 11 is 3.06. The molecule has 9 heteroatoms. The number of rotatable bonds is 3. The van der Waals surface area contributed by atoms with E-state index in [4.69, 9.17) is 4.42 Å². The van der Waals surface area contributed by atoms with Gasteiger partial charge in [-0.25, -0.2) is 4.39 Å². The highest BCUT2D eigenvalue weighted by Gasteiger charge is 2.34. The first-order valence-corrected chi connectivity index (χ1v) is 10.9. The van der Waals surface area contributed by atoms with E-state index in [1.54, 1.807) is 0 Å². The Bertz CT molecular complexity index is 1260. The van der Waals surface area contributed by atoms with Crippen LogP contribution in [-0.2, 0) is 0 Å². The summed E-state index contributed by atoms with van der Waals surface area (Å²) in [5, 5.41) is 42.4. The fraction of sp³-hybridized carbons (Fsp3) is 0.348. The lowest BCUT2D eigenvalue weighted by Gasteiger charge is -2.34. The summed E-state index contributed by atoms with van der Waals surface area (Å²) in [6.45, 7) is 2.54. The number of phenols is 2. The van der Waals surface area contributed by atoms with E-state index in [2.05, 4.69) is 15.9 Å². The number of benzene rings is 2. The molecule has 1 aliphatic heterocycles. The summed E-state index contributed by atoms with van der Waals surface area (Å²) in [6, 6.07) is 4.93. The predicted molar refractivity (Wildman–Crippen MR) is 120 cm³/mol. The average Bonchev–Trinajstić information content (AvgIpc) is 2.70. The number of phenolic OH excluding ortho intramolecular Hbond substituents is 2. The van der Waals surface area contributed by atoms with Crippen molar-refractivity contribution in [1.82, 2.24) is 4.90 Å². The van der Waals surface area contributed by atoms with Crippen molar-refractivity contribution in [2.24, 2.45) is 0 Å². The summed E-state index contributed by atoms with van der Waals surface area (Å²) in [7, 11) is 1.87. The van der Waals surface area contributed by atoms with Crippen LogP contribution in [-0.4, -0.2) is 51.6 Å². The third-order valence-electron chi connectivity index (χ3n) is 6.07. The molecule has 1 saturated heterocycles. The number of likely N-dealkylation sites (tertiary alicyclic amines) is 1. The Hall–Kier alpha value is -2.46. The van der Waals surface area contributed by atoms with Crippen LogP contribution in [0.3, 0.4) is 0 Å². The number of aliphatic hydroxyl groups is 2. The summed E-state index contributed by atoms with van der Waals surface area (Å²) in [5.74, 6) is -1.70. The predicted octanol–water partition coefficient (Wildman–Crippen LogP) is 3.28. The number of nitrogens with zero attached hydrogens (tertiary/aromatic N) is 1. The Morgan fingerprint density at radius 1 is 1.25 bits per heavy atom. The van der Waals surface area contributed by atoms with E-state index in [9.17, 15) is 29.6 Å². The van der Waals surface area contributed by atoms with Gasteiger partial charge in [-0.05, 0) is 60.6 Å². The molecular weight excluding hydrogens is 485 g/mol. The minimum atomic E-state index is -1.43. The Labute approximate surface area is 191 Å². The number of aliphatic hydroxyl groups excluding tert-OH is 2. The molecule has 4 N–H and O–H groups in total. The van der Waals surface area contributed by atoms with Crippen LogP contribution < -0.4 is 5.43 Å². The van der Waals surface area contributed by atoms with Crippen molar-refractivity contribution in [1.29, 1.82) is 0 Å². The third-order valence-corrected chi connectivity index (χ3v) is 6.68. The van der Waals surface area contributed by atoms with E-state index in [0.717, 1.165) is 12.1 Å². The lowest BCUT2D eigenvalue weighted by atomic mass is 9.85. The van der Waals surface area contributed by atoms with E-state index in [1.165, 1.54) is 19.1 Å². The van der Waals surface area contributed by atoms with Crippen molar-refractivity contribution in [2.75, 3.05) is 20.1 Å². The molecule has 32 heavy (non-hydrogen) atoms. The fourth-order valence-electron chi connectivity index (χ4n) is 4.43. The van der Waals surface area contributed by atoms with Crippen LogP contribution in [0, 0.1) is 12.7 Å². The highest BCUT2D eigenvalue weighted by Crippen LogP contribution is 2.42.